The fourth-order valence-electron chi connectivity index (χ4n) is 3.17. The number of amides is 1. The Morgan fingerprint density at radius 3 is 3.26 bits per heavy atom. The first kappa shape index (κ1) is 14.5. The lowest BCUT2D eigenvalue weighted by Crippen LogP contribution is -2.38. The van der Waals surface area contributed by atoms with Crippen LogP contribution in [0.1, 0.15) is 23.6 Å². The van der Waals surface area contributed by atoms with Crippen LogP contribution in [-0.2, 0) is 30.6 Å². The van der Waals surface area contributed by atoms with Gasteiger partial charge in [0, 0.05) is 37.4 Å². The highest BCUT2D eigenvalue weighted by Crippen LogP contribution is 2.31. The maximum absolute atomic E-state index is 12.2. The Bertz CT molecular complexity index is 759. The molecule has 1 aromatic carbocycles. The molecule has 23 heavy (non-hydrogen) atoms. The third-order valence-corrected chi connectivity index (χ3v) is 4.56. The summed E-state index contributed by atoms with van der Waals surface area (Å²) in [6.07, 6.45) is 2.89. The average Bonchev–Trinajstić information content (AvgIpc) is 3.22. The van der Waals surface area contributed by atoms with Crippen molar-refractivity contribution >= 4 is 17.5 Å². The van der Waals surface area contributed by atoms with Crippen molar-refractivity contribution < 1.29 is 9.53 Å². The largest absolute Gasteiger partial charge is 0.480 e. The molecule has 120 valence electrons. The van der Waals surface area contributed by atoms with Gasteiger partial charge in [-0.2, -0.15) is 0 Å². The molecule has 0 fully saturated rings. The SMILES string of the molecule is O=C(NCCc1nnc2n1CCC2)C1Cc2cc(Cl)ccc2O1. The van der Waals surface area contributed by atoms with Crippen LogP contribution in [-0.4, -0.2) is 33.3 Å². The molecule has 0 saturated carbocycles. The second-order valence-corrected chi connectivity index (χ2v) is 6.33. The van der Waals surface area contributed by atoms with Crippen molar-refractivity contribution in [2.45, 2.75) is 38.3 Å². The second kappa shape index (κ2) is 5.85. The molecule has 1 atom stereocenters. The van der Waals surface area contributed by atoms with Gasteiger partial charge in [-0.05, 0) is 30.2 Å². The molecule has 2 aromatic rings. The molecule has 0 bridgehead atoms. The zero-order valence-electron chi connectivity index (χ0n) is 12.6. The van der Waals surface area contributed by atoms with Crippen LogP contribution in [0.5, 0.6) is 5.75 Å². The monoisotopic (exact) mass is 332 g/mol. The van der Waals surface area contributed by atoms with Crippen LogP contribution in [0, 0.1) is 0 Å². The summed E-state index contributed by atoms with van der Waals surface area (Å²) in [4.78, 5) is 12.2. The van der Waals surface area contributed by atoms with Gasteiger partial charge in [-0.1, -0.05) is 11.6 Å². The van der Waals surface area contributed by atoms with Gasteiger partial charge in [-0.15, -0.1) is 10.2 Å². The zero-order valence-corrected chi connectivity index (χ0v) is 13.3. The molecule has 2 aliphatic rings. The Balaban J connectivity index is 1.31. The van der Waals surface area contributed by atoms with Gasteiger partial charge in [0.15, 0.2) is 6.10 Å². The molecule has 3 heterocycles. The number of carbonyl (C=O) groups is 1. The van der Waals surface area contributed by atoms with Crippen LogP contribution in [0.25, 0.3) is 0 Å². The Kier molecular flexibility index (Phi) is 3.69. The van der Waals surface area contributed by atoms with Gasteiger partial charge >= 0.3 is 0 Å². The predicted octanol–water partition coefficient (Wildman–Crippen LogP) is 1.54. The molecule has 4 rings (SSSR count). The molecule has 2 aliphatic heterocycles. The number of fused-ring (bicyclic) bond motifs is 2. The van der Waals surface area contributed by atoms with Gasteiger partial charge in [0.1, 0.15) is 17.4 Å². The van der Waals surface area contributed by atoms with Crippen molar-refractivity contribution in [1.82, 2.24) is 20.1 Å². The van der Waals surface area contributed by atoms with E-state index in [4.69, 9.17) is 16.3 Å². The topological polar surface area (TPSA) is 69.0 Å². The molecular weight excluding hydrogens is 316 g/mol. The van der Waals surface area contributed by atoms with E-state index in [0.29, 0.717) is 24.4 Å². The summed E-state index contributed by atoms with van der Waals surface area (Å²) in [5.74, 6) is 2.64. The molecule has 1 aromatic heterocycles. The lowest BCUT2D eigenvalue weighted by Gasteiger charge is -2.11. The fourth-order valence-corrected chi connectivity index (χ4v) is 3.37. The number of hydrogen-bond acceptors (Lipinski definition) is 4. The van der Waals surface area contributed by atoms with Gasteiger partial charge in [0.25, 0.3) is 5.91 Å². The molecule has 0 aliphatic carbocycles. The van der Waals surface area contributed by atoms with E-state index in [0.717, 1.165) is 42.3 Å². The summed E-state index contributed by atoms with van der Waals surface area (Å²) in [7, 11) is 0. The normalized spacial score (nSPS) is 18.4. The number of rotatable bonds is 4. The first-order chi connectivity index (χ1) is 11.2. The minimum absolute atomic E-state index is 0.0986. The zero-order chi connectivity index (χ0) is 15.8. The van der Waals surface area contributed by atoms with Crippen molar-refractivity contribution in [3.63, 3.8) is 0 Å². The molecule has 0 radical (unpaired) electrons. The third-order valence-electron chi connectivity index (χ3n) is 4.32. The number of aryl methyl sites for hydroxylation is 1. The van der Waals surface area contributed by atoms with Gasteiger partial charge in [0.2, 0.25) is 0 Å². The Labute approximate surface area is 138 Å². The van der Waals surface area contributed by atoms with Gasteiger partial charge in [0.05, 0.1) is 0 Å². The number of nitrogens with one attached hydrogen (secondary N) is 1. The summed E-state index contributed by atoms with van der Waals surface area (Å²) >= 11 is 5.97. The molecule has 6 nitrogen and oxygen atoms in total. The van der Waals surface area contributed by atoms with E-state index in [1.807, 2.05) is 12.1 Å². The number of ether oxygens (including phenoxy) is 1. The summed E-state index contributed by atoms with van der Waals surface area (Å²) in [5, 5.41) is 11.9. The quantitative estimate of drug-likeness (QED) is 0.922. The van der Waals surface area contributed by atoms with Crippen LogP contribution in [0.2, 0.25) is 5.02 Å². The highest BCUT2D eigenvalue weighted by Gasteiger charge is 2.29. The van der Waals surface area contributed by atoms with Gasteiger partial charge < -0.3 is 14.6 Å². The molecule has 1 unspecified atom stereocenters. The number of benzene rings is 1. The summed E-state index contributed by atoms with van der Waals surface area (Å²) in [6, 6.07) is 5.43. The van der Waals surface area contributed by atoms with E-state index in [-0.39, 0.29) is 5.91 Å². The van der Waals surface area contributed by atoms with E-state index in [2.05, 4.69) is 20.1 Å². The van der Waals surface area contributed by atoms with Crippen LogP contribution < -0.4 is 10.1 Å². The Morgan fingerprint density at radius 1 is 1.43 bits per heavy atom. The minimum atomic E-state index is -0.479. The van der Waals surface area contributed by atoms with Crippen molar-refractivity contribution in [1.29, 1.82) is 0 Å². The van der Waals surface area contributed by atoms with E-state index < -0.39 is 6.10 Å². The standard InChI is InChI=1S/C16H17ClN4O2/c17-11-3-4-12-10(8-11)9-13(23-12)16(22)18-6-5-15-20-19-14-2-1-7-21(14)15/h3-4,8,13H,1-2,5-7,9H2,(H,18,22). The van der Waals surface area contributed by atoms with Gasteiger partial charge in [-0.25, -0.2) is 0 Å². The number of nitrogens with zero attached hydrogens (tertiary/aromatic N) is 3. The average molecular weight is 333 g/mol. The summed E-state index contributed by atoms with van der Waals surface area (Å²) < 4.78 is 7.83. The van der Waals surface area contributed by atoms with Crippen molar-refractivity contribution in [3.05, 3.63) is 40.4 Å². The van der Waals surface area contributed by atoms with Crippen LogP contribution in [0.4, 0.5) is 0 Å². The molecule has 0 saturated heterocycles. The van der Waals surface area contributed by atoms with Crippen molar-refractivity contribution in [2.24, 2.45) is 0 Å². The third kappa shape index (κ3) is 2.79. The second-order valence-electron chi connectivity index (χ2n) is 5.89. The number of halogens is 1. The number of aromatic nitrogens is 3. The summed E-state index contributed by atoms with van der Waals surface area (Å²) in [5.41, 5.74) is 0.980. The first-order valence-corrected chi connectivity index (χ1v) is 8.22. The van der Waals surface area contributed by atoms with Crippen molar-refractivity contribution in [2.75, 3.05) is 6.54 Å². The molecule has 7 heteroatoms. The predicted molar refractivity (Wildman–Crippen MR) is 84.6 cm³/mol. The fraction of sp³-hybridized carbons (Fsp3) is 0.438. The van der Waals surface area contributed by atoms with E-state index in [1.165, 1.54) is 0 Å². The van der Waals surface area contributed by atoms with E-state index in [9.17, 15) is 4.79 Å². The maximum atomic E-state index is 12.2. The lowest BCUT2D eigenvalue weighted by molar-refractivity contribution is -0.127. The smallest absolute Gasteiger partial charge is 0.261 e. The molecule has 0 spiro atoms. The number of hydrogen-bond donors (Lipinski definition) is 1. The van der Waals surface area contributed by atoms with Crippen molar-refractivity contribution in [3.8, 4) is 5.75 Å². The lowest BCUT2D eigenvalue weighted by atomic mass is 10.1. The molecule has 1 N–H and O–H groups in total. The molecular formula is C16H17ClN4O2. The Morgan fingerprint density at radius 2 is 2.35 bits per heavy atom. The Hall–Kier alpha value is -2.08. The van der Waals surface area contributed by atoms with Gasteiger partial charge in [-0.3, -0.25) is 4.79 Å². The molecule has 1 amide bonds. The maximum Gasteiger partial charge on any atom is 0.261 e. The van der Waals surface area contributed by atoms with E-state index >= 15 is 0 Å². The van der Waals surface area contributed by atoms with Crippen LogP contribution in [0.3, 0.4) is 0 Å². The van der Waals surface area contributed by atoms with E-state index in [1.54, 1.807) is 6.07 Å². The minimum Gasteiger partial charge on any atom is -0.480 e. The highest BCUT2D eigenvalue weighted by molar-refractivity contribution is 6.30. The van der Waals surface area contributed by atoms with Crippen LogP contribution in [0.15, 0.2) is 18.2 Å². The van der Waals surface area contributed by atoms with Crippen LogP contribution >= 0.6 is 11.6 Å². The first-order valence-electron chi connectivity index (χ1n) is 7.84. The number of carbonyl (C=O) groups excluding carboxylic acids is 1. The summed E-state index contributed by atoms with van der Waals surface area (Å²) in [6.45, 7) is 1.52. The highest BCUT2D eigenvalue weighted by atomic mass is 35.5.